The van der Waals surface area contributed by atoms with Crippen molar-refractivity contribution >= 4 is 51.2 Å². The van der Waals surface area contributed by atoms with Gasteiger partial charge < -0.3 is 5.32 Å². The molecule has 3 rings (SSSR count). The van der Waals surface area contributed by atoms with Gasteiger partial charge >= 0.3 is 0 Å². The zero-order chi connectivity index (χ0) is 16.1. The van der Waals surface area contributed by atoms with E-state index in [1.807, 2.05) is 48.5 Å². The maximum absolute atomic E-state index is 6.36. The van der Waals surface area contributed by atoms with Gasteiger partial charge in [-0.15, -0.1) is 23.6 Å². The van der Waals surface area contributed by atoms with Crippen molar-refractivity contribution in [3.63, 3.8) is 0 Å². The highest BCUT2D eigenvalue weighted by atomic mass is 79.9. The molecule has 0 amide bonds. The van der Waals surface area contributed by atoms with Crippen LogP contribution >= 0.6 is 40.3 Å². The molecule has 1 aliphatic rings. The van der Waals surface area contributed by atoms with Crippen molar-refractivity contribution in [1.82, 2.24) is 5.32 Å². The zero-order valence-corrected chi connectivity index (χ0v) is 16.3. The van der Waals surface area contributed by atoms with Gasteiger partial charge in [-0.05, 0) is 23.3 Å². The summed E-state index contributed by atoms with van der Waals surface area (Å²) in [5.41, 5.74) is 3.20. The average Bonchev–Trinajstić information content (AvgIpc) is 2.61. The highest BCUT2D eigenvalue weighted by Gasteiger charge is 2.19. The van der Waals surface area contributed by atoms with Gasteiger partial charge in [-0.1, -0.05) is 78.0 Å². The van der Waals surface area contributed by atoms with Crippen molar-refractivity contribution in [2.45, 2.75) is 6.04 Å². The molecule has 2 nitrogen and oxygen atoms in total. The van der Waals surface area contributed by atoms with Gasteiger partial charge in [-0.3, -0.25) is 0 Å². The summed E-state index contributed by atoms with van der Waals surface area (Å²) in [6, 6.07) is 18.0. The van der Waals surface area contributed by atoms with Crippen LogP contribution in [0.1, 0.15) is 17.2 Å². The maximum atomic E-state index is 6.36. The van der Waals surface area contributed by atoms with Crippen molar-refractivity contribution in [3.8, 4) is 0 Å². The predicted molar refractivity (Wildman–Crippen MR) is 112 cm³/mol. The van der Waals surface area contributed by atoms with E-state index < -0.39 is 0 Å². The molecule has 0 spiro atoms. The normalized spacial score (nSPS) is 16.3. The molecule has 24 heavy (non-hydrogen) atoms. The first-order chi connectivity index (χ1) is 11.3. The molecule has 0 aromatic heterocycles. The van der Waals surface area contributed by atoms with Crippen LogP contribution < -0.4 is 5.32 Å². The number of halogens is 2. The lowest BCUT2D eigenvalue weighted by atomic mass is 10.0. The molecule has 1 atom stereocenters. The smallest absolute Gasteiger partial charge is 0.162 e. The van der Waals surface area contributed by atoms with E-state index in [-0.39, 0.29) is 23.0 Å². The van der Waals surface area contributed by atoms with E-state index in [0.717, 1.165) is 32.8 Å². The quantitative estimate of drug-likeness (QED) is 0.623. The van der Waals surface area contributed by atoms with Gasteiger partial charge in [0.1, 0.15) is 0 Å². The van der Waals surface area contributed by atoms with Crippen LogP contribution in [-0.4, -0.2) is 10.9 Å². The molecule has 1 heterocycles. The molecule has 0 radical (unpaired) electrons. The molecular weight excluding hydrogens is 404 g/mol. The molecule has 2 aromatic rings. The Morgan fingerprint density at radius 1 is 1.12 bits per heavy atom. The van der Waals surface area contributed by atoms with E-state index in [0.29, 0.717) is 0 Å². The first-order valence-electron chi connectivity index (χ1n) is 7.38. The van der Waals surface area contributed by atoms with Crippen molar-refractivity contribution in [2.75, 3.05) is 5.75 Å². The minimum Gasteiger partial charge on any atom is -0.335 e. The van der Waals surface area contributed by atoms with Crippen molar-refractivity contribution in [3.05, 3.63) is 89.5 Å². The lowest BCUT2D eigenvalue weighted by molar-refractivity contribution is 0.888. The first-order valence-corrected chi connectivity index (χ1v) is 8.74. The fraction of sp³-hybridized carbons (Fsp3) is 0.105. The number of rotatable bonds is 4. The highest BCUT2D eigenvalue weighted by molar-refractivity contribution is 8.93. The summed E-state index contributed by atoms with van der Waals surface area (Å²) in [5, 5.41) is 5.03. The maximum Gasteiger partial charge on any atom is 0.162 e. The third-order valence-electron chi connectivity index (χ3n) is 3.47. The molecule has 0 bridgehead atoms. The molecule has 0 fully saturated rings. The Morgan fingerprint density at radius 3 is 2.54 bits per heavy atom. The van der Waals surface area contributed by atoms with E-state index in [9.17, 15) is 0 Å². The molecule has 1 aliphatic heterocycles. The lowest BCUT2D eigenvalue weighted by Gasteiger charge is -2.22. The number of nitrogens with one attached hydrogen (secondary N) is 1. The monoisotopic (exact) mass is 420 g/mol. The van der Waals surface area contributed by atoms with Gasteiger partial charge in [0.15, 0.2) is 5.17 Å². The van der Waals surface area contributed by atoms with Crippen LogP contribution in [0.3, 0.4) is 0 Å². The molecular formula is C19H18BrClN2S. The Morgan fingerprint density at radius 2 is 1.83 bits per heavy atom. The van der Waals surface area contributed by atoms with E-state index >= 15 is 0 Å². The van der Waals surface area contributed by atoms with Crippen molar-refractivity contribution in [1.29, 1.82) is 0 Å². The predicted octanol–water partition coefficient (Wildman–Crippen LogP) is 5.88. The standard InChI is InChI=1S/C19H17ClN2S.BrH/c1-2-12-23-19-21-17(14-8-4-3-5-9-14)13-18(22-19)15-10-6-7-11-16(15)20;/h2-11,13,18H,1,12H2,(H,21,22);1H. The fourth-order valence-electron chi connectivity index (χ4n) is 2.38. The second kappa shape index (κ2) is 9.11. The van der Waals surface area contributed by atoms with E-state index in [1.165, 1.54) is 0 Å². The summed E-state index contributed by atoms with van der Waals surface area (Å²) in [4.78, 5) is 4.79. The number of aliphatic imine (C=N–C) groups is 1. The van der Waals surface area contributed by atoms with Gasteiger partial charge in [0.05, 0.1) is 6.04 Å². The van der Waals surface area contributed by atoms with Crippen LogP contribution in [0.25, 0.3) is 5.70 Å². The number of benzene rings is 2. The Labute approximate surface area is 162 Å². The van der Waals surface area contributed by atoms with E-state index in [4.69, 9.17) is 16.6 Å². The number of thioether (sulfide) groups is 1. The van der Waals surface area contributed by atoms with Crippen LogP contribution in [0.4, 0.5) is 0 Å². The van der Waals surface area contributed by atoms with Crippen LogP contribution in [0.2, 0.25) is 5.02 Å². The lowest BCUT2D eigenvalue weighted by Crippen LogP contribution is -2.24. The number of nitrogens with zero attached hydrogens (tertiary/aromatic N) is 1. The van der Waals surface area contributed by atoms with Gasteiger partial charge in [0, 0.05) is 16.5 Å². The van der Waals surface area contributed by atoms with E-state index in [2.05, 4.69) is 30.1 Å². The molecule has 0 aliphatic carbocycles. The molecule has 124 valence electrons. The number of amidine groups is 1. The van der Waals surface area contributed by atoms with E-state index in [1.54, 1.807) is 11.8 Å². The molecule has 2 aromatic carbocycles. The topological polar surface area (TPSA) is 24.4 Å². The summed E-state index contributed by atoms with van der Waals surface area (Å²) >= 11 is 8.00. The Bertz CT molecular complexity index is 759. The van der Waals surface area contributed by atoms with Crippen LogP contribution in [0.5, 0.6) is 0 Å². The summed E-state index contributed by atoms with van der Waals surface area (Å²) in [6.45, 7) is 3.77. The molecule has 0 saturated carbocycles. The molecule has 5 heteroatoms. The summed E-state index contributed by atoms with van der Waals surface area (Å²) in [5.74, 6) is 0.809. The fourth-order valence-corrected chi connectivity index (χ4v) is 3.28. The second-order valence-electron chi connectivity index (χ2n) is 5.07. The van der Waals surface area contributed by atoms with Gasteiger partial charge in [-0.2, -0.15) is 0 Å². The molecule has 1 N–H and O–H groups in total. The average molecular weight is 422 g/mol. The SMILES string of the molecule is Br.C=CCSC1=NC(c2ccccc2Cl)C=C(c2ccccc2)N1. The van der Waals surface area contributed by atoms with Gasteiger partial charge in [-0.25, -0.2) is 4.99 Å². The van der Waals surface area contributed by atoms with Gasteiger partial charge in [0.25, 0.3) is 0 Å². The third kappa shape index (κ3) is 4.53. The summed E-state index contributed by atoms with van der Waals surface area (Å²) < 4.78 is 0. The summed E-state index contributed by atoms with van der Waals surface area (Å²) in [7, 11) is 0. The van der Waals surface area contributed by atoms with Gasteiger partial charge in [0.2, 0.25) is 0 Å². The summed E-state index contributed by atoms with van der Waals surface area (Å²) in [6.07, 6.45) is 3.99. The van der Waals surface area contributed by atoms with Crippen LogP contribution in [-0.2, 0) is 0 Å². The Kier molecular flexibility index (Phi) is 7.16. The minimum absolute atomic E-state index is 0. The molecule has 0 saturated heterocycles. The van der Waals surface area contributed by atoms with Crippen molar-refractivity contribution < 1.29 is 0 Å². The Balaban J connectivity index is 0.00000208. The van der Waals surface area contributed by atoms with Crippen LogP contribution in [0, 0.1) is 0 Å². The largest absolute Gasteiger partial charge is 0.335 e. The molecule has 1 unspecified atom stereocenters. The van der Waals surface area contributed by atoms with Crippen LogP contribution in [0.15, 0.2) is 78.3 Å². The highest BCUT2D eigenvalue weighted by Crippen LogP contribution is 2.32. The van der Waals surface area contributed by atoms with Crippen molar-refractivity contribution in [2.24, 2.45) is 4.99 Å². The second-order valence-corrected chi connectivity index (χ2v) is 6.49. The first kappa shape index (κ1) is 18.8. The number of hydrogen-bond acceptors (Lipinski definition) is 3. The Hall–Kier alpha value is -1.49. The third-order valence-corrected chi connectivity index (χ3v) is 4.70. The number of hydrogen-bond donors (Lipinski definition) is 1. The minimum atomic E-state index is -0.0903. The zero-order valence-electron chi connectivity index (χ0n) is 13.0.